The molecule has 4 rings (SSSR count). The van der Waals surface area contributed by atoms with Crippen LogP contribution >= 0.6 is 0 Å². The first-order chi connectivity index (χ1) is 13.1. The molecule has 2 aliphatic heterocycles. The third-order valence-electron chi connectivity index (χ3n) is 5.12. The molecule has 2 aromatic carbocycles. The van der Waals surface area contributed by atoms with Crippen molar-refractivity contribution in [1.29, 1.82) is 0 Å². The number of urea groups is 1. The average Bonchev–Trinajstić information content (AvgIpc) is 3.24. The third-order valence-corrected chi connectivity index (χ3v) is 5.12. The molecule has 1 atom stereocenters. The van der Waals surface area contributed by atoms with Crippen LogP contribution < -0.4 is 5.32 Å². The van der Waals surface area contributed by atoms with Gasteiger partial charge in [0.15, 0.2) is 0 Å². The van der Waals surface area contributed by atoms with E-state index in [2.05, 4.69) is 5.32 Å². The van der Waals surface area contributed by atoms with E-state index in [1.54, 1.807) is 0 Å². The number of hydrogen-bond donors (Lipinski definition) is 1. The molecule has 0 aromatic heterocycles. The minimum absolute atomic E-state index is 0.0536. The van der Waals surface area contributed by atoms with Gasteiger partial charge < -0.3 is 10.2 Å². The van der Waals surface area contributed by atoms with E-state index in [1.807, 2.05) is 59.5 Å². The second kappa shape index (κ2) is 7.23. The van der Waals surface area contributed by atoms with Gasteiger partial charge in [0, 0.05) is 26.1 Å². The molecule has 6 heteroatoms. The molecule has 1 saturated heterocycles. The fraction of sp³-hybridized carbons (Fsp3) is 0.286. The highest BCUT2D eigenvalue weighted by Gasteiger charge is 2.38. The highest BCUT2D eigenvalue weighted by Crippen LogP contribution is 2.24. The number of fused-ring (bicyclic) bond motifs is 1. The van der Waals surface area contributed by atoms with Gasteiger partial charge in [-0.2, -0.15) is 0 Å². The fourth-order valence-corrected chi connectivity index (χ4v) is 3.66. The number of amides is 4. The molecule has 2 aliphatic rings. The maximum absolute atomic E-state index is 12.5. The van der Waals surface area contributed by atoms with Gasteiger partial charge in [-0.05, 0) is 23.1 Å². The molecule has 0 unspecified atom stereocenters. The predicted molar refractivity (Wildman–Crippen MR) is 99.4 cm³/mol. The van der Waals surface area contributed by atoms with E-state index in [1.165, 1.54) is 16.0 Å². The van der Waals surface area contributed by atoms with Crippen LogP contribution in [0.2, 0.25) is 0 Å². The normalized spacial score (nSPS) is 18.6. The van der Waals surface area contributed by atoms with Gasteiger partial charge in [0.25, 0.3) is 5.91 Å². The van der Waals surface area contributed by atoms with Crippen LogP contribution in [0.15, 0.2) is 54.6 Å². The summed E-state index contributed by atoms with van der Waals surface area (Å²) in [5.41, 5.74) is 3.14. The second-order valence-corrected chi connectivity index (χ2v) is 6.91. The van der Waals surface area contributed by atoms with Crippen molar-refractivity contribution in [2.45, 2.75) is 32.0 Å². The van der Waals surface area contributed by atoms with Crippen LogP contribution in [0.3, 0.4) is 0 Å². The van der Waals surface area contributed by atoms with Gasteiger partial charge in [-0.3, -0.25) is 14.5 Å². The lowest BCUT2D eigenvalue weighted by Crippen LogP contribution is -2.33. The number of carbonyl (C=O) groups is 3. The van der Waals surface area contributed by atoms with E-state index >= 15 is 0 Å². The number of hydrogen-bond acceptors (Lipinski definition) is 3. The summed E-state index contributed by atoms with van der Waals surface area (Å²) in [4.78, 5) is 40.2. The highest BCUT2D eigenvalue weighted by molar-refractivity contribution is 6.04. The quantitative estimate of drug-likeness (QED) is 0.830. The summed E-state index contributed by atoms with van der Waals surface area (Å²) in [5.74, 6) is -0.204. The fourth-order valence-electron chi connectivity index (χ4n) is 3.66. The number of nitrogens with one attached hydrogen (secondary N) is 1. The number of rotatable bonds is 5. The van der Waals surface area contributed by atoms with Crippen molar-refractivity contribution in [2.75, 3.05) is 6.54 Å². The van der Waals surface area contributed by atoms with E-state index in [-0.39, 0.29) is 18.4 Å². The van der Waals surface area contributed by atoms with Gasteiger partial charge in [0.2, 0.25) is 5.91 Å². The molecule has 1 fully saturated rings. The zero-order valence-corrected chi connectivity index (χ0v) is 14.9. The minimum Gasteiger partial charge on any atom is -0.334 e. The molecule has 0 saturated carbocycles. The van der Waals surface area contributed by atoms with Gasteiger partial charge in [-0.25, -0.2) is 4.79 Å². The summed E-state index contributed by atoms with van der Waals surface area (Å²) in [6.45, 7) is 1.52. The summed E-state index contributed by atoms with van der Waals surface area (Å²) in [7, 11) is 0. The second-order valence-electron chi connectivity index (χ2n) is 6.91. The maximum atomic E-state index is 12.5. The lowest BCUT2D eigenvalue weighted by molar-refractivity contribution is -0.133. The Morgan fingerprint density at radius 3 is 2.26 bits per heavy atom. The number of carbonyl (C=O) groups excluding carboxylic acids is 3. The monoisotopic (exact) mass is 363 g/mol. The van der Waals surface area contributed by atoms with E-state index in [0.717, 1.165) is 5.56 Å². The maximum Gasteiger partial charge on any atom is 0.325 e. The van der Waals surface area contributed by atoms with Gasteiger partial charge in [0.05, 0.1) is 0 Å². The molecule has 138 valence electrons. The van der Waals surface area contributed by atoms with Crippen molar-refractivity contribution >= 4 is 17.8 Å². The molecule has 0 bridgehead atoms. The van der Waals surface area contributed by atoms with Crippen LogP contribution in [0.4, 0.5) is 4.79 Å². The summed E-state index contributed by atoms with van der Waals surface area (Å²) in [5, 5.41) is 2.72. The van der Waals surface area contributed by atoms with Crippen LogP contribution in [-0.4, -0.2) is 34.2 Å². The Kier molecular flexibility index (Phi) is 4.62. The largest absolute Gasteiger partial charge is 0.334 e. The molecule has 4 amide bonds. The molecular formula is C21H21N3O3. The van der Waals surface area contributed by atoms with Gasteiger partial charge in [-0.15, -0.1) is 0 Å². The van der Waals surface area contributed by atoms with Crippen LogP contribution in [0.25, 0.3) is 0 Å². The van der Waals surface area contributed by atoms with E-state index in [0.29, 0.717) is 25.9 Å². The van der Waals surface area contributed by atoms with Crippen LogP contribution in [0, 0.1) is 0 Å². The van der Waals surface area contributed by atoms with E-state index < -0.39 is 12.1 Å². The van der Waals surface area contributed by atoms with Crippen molar-refractivity contribution < 1.29 is 14.4 Å². The zero-order valence-electron chi connectivity index (χ0n) is 14.9. The van der Waals surface area contributed by atoms with Gasteiger partial charge >= 0.3 is 6.03 Å². The molecule has 6 nitrogen and oxygen atoms in total. The zero-order chi connectivity index (χ0) is 18.8. The Labute approximate surface area is 157 Å². The number of nitrogens with zero attached hydrogens (tertiary/aromatic N) is 2. The van der Waals surface area contributed by atoms with Crippen molar-refractivity contribution in [2.24, 2.45) is 0 Å². The Bertz CT molecular complexity index is 856. The predicted octanol–water partition coefficient (Wildman–Crippen LogP) is 2.60. The summed E-state index contributed by atoms with van der Waals surface area (Å²) in [6, 6.07) is 16.2. The summed E-state index contributed by atoms with van der Waals surface area (Å²) in [6.07, 6.45) is 0.785. The van der Waals surface area contributed by atoms with Crippen LogP contribution in [0.1, 0.15) is 35.6 Å². The van der Waals surface area contributed by atoms with Crippen molar-refractivity contribution in [3.05, 3.63) is 71.3 Å². The van der Waals surface area contributed by atoms with Crippen LogP contribution in [-0.2, 0) is 22.7 Å². The molecule has 27 heavy (non-hydrogen) atoms. The molecular weight excluding hydrogens is 342 g/mol. The number of benzene rings is 2. The van der Waals surface area contributed by atoms with E-state index in [4.69, 9.17) is 0 Å². The molecule has 2 aromatic rings. The molecule has 0 spiro atoms. The van der Waals surface area contributed by atoms with Crippen molar-refractivity contribution in [3.63, 3.8) is 0 Å². The molecule has 0 aliphatic carbocycles. The molecule has 1 N–H and O–H groups in total. The summed E-state index contributed by atoms with van der Waals surface area (Å²) < 4.78 is 0. The lowest BCUT2D eigenvalue weighted by atomic mass is 10.1. The number of imide groups is 1. The van der Waals surface area contributed by atoms with Gasteiger partial charge in [-0.1, -0.05) is 54.6 Å². The Morgan fingerprint density at radius 1 is 0.963 bits per heavy atom. The third kappa shape index (κ3) is 3.43. The average molecular weight is 363 g/mol. The minimum atomic E-state index is -0.637. The first-order valence-electron chi connectivity index (χ1n) is 9.15. The smallest absolute Gasteiger partial charge is 0.325 e. The SMILES string of the molecule is O=C(CCCN1C(=O)N[C@@H](c2ccccc2)C1=O)N1Cc2ccccc2C1. The van der Waals surface area contributed by atoms with E-state index in [9.17, 15) is 14.4 Å². The standard InChI is InChI=1S/C21H21N3O3/c25-18(23-13-16-9-4-5-10-17(16)14-23)11-6-12-24-20(26)19(22-21(24)27)15-7-2-1-3-8-15/h1-5,7-10,19H,6,11-14H2,(H,22,27)/t19-/m0/s1. The topological polar surface area (TPSA) is 69.7 Å². The molecule has 0 radical (unpaired) electrons. The Morgan fingerprint density at radius 2 is 1.59 bits per heavy atom. The first-order valence-corrected chi connectivity index (χ1v) is 9.15. The highest BCUT2D eigenvalue weighted by atomic mass is 16.2. The Balaban J connectivity index is 1.30. The van der Waals surface area contributed by atoms with Crippen LogP contribution in [0.5, 0.6) is 0 Å². The van der Waals surface area contributed by atoms with Crippen molar-refractivity contribution in [3.8, 4) is 0 Å². The first kappa shape index (κ1) is 17.3. The Hall–Kier alpha value is -3.15. The molecule has 2 heterocycles. The van der Waals surface area contributed by atoms with Gasteiger partial charge in [0.1, 0.15) is 6.04 Å². The summed E-state index contributed by atoms with van der Waals surface area (Å²) >= 11 is 0. The lowest BCUT2D eigenvalue weighted by Gasteiger charge is -2.17. The van der Waals surface area contributed by atoms with Crippen molar-refractivity contribution in [1.82, 2.24) is 15.1 Å².